The van der Waals surface area contributed by atoms with Gasteiger partial charge in [-0.1, -0.05) is 37.6 Å². The van der Waals surface area contributed by atoms with Crippen molar-refractivity contribution in [1.82, 2.24) is 4.98 Å². The summed E-state index contributed by atoms with van der Waals surface area (Å²) in [5, 5.41) is 3.05. The molecule has 0 saturated carbocycles. The number of benzene rings is 1. The molecule has 5 nitrogen and oxygen atoms in total. The molecule has 3 N–H and O–H groups in total. The van der Waals surface area contributed by atoms with E-state index in [2.05, 4.69) is 22.2 Å². The lowest BCUT2D eigenvalue weighted by Gasteiger charge is -2.09. The van der Waals surface area contributed by atoms with Crippen molar-refractivity contribution < 1.29 is 4.74 Å². The van der Waals surface area contributed by atoms with Crippen molar-refractivity contribution in [2.45, 2.75) is 26.3 Å². The molecule has 0 aliphatic heterocycles. The number of hydrogen-bond donors (Lipinski definition) is 2. The molecular formula is C17H22N4O. The van der Waals surface area contributed by atoms with Crippen LogP contribution in [0.1, 0.15) is 25.3 Å². The van der Waals surface area contributed by atoms with E-state index in [1.165, 1.54) is 0 Å². The molecule has 0 unspecified atom stereocenters. The van der Waals surface area contributed by atoms with E-state index in [1.54, 1.807) is 6.20 Å². The highest BCUT2D eigenvalue weighted by Crippen LogP contribution is 2.16. The fraction of sp³-hybridized carbons (Fsp3) is 0.294. The van der Waals surface area contributed by atoms with Crippen molar-refractivity contribution in [3.8, 4) is 5.88 Å². The van der Waals surface area contributed by atoms with Gasteiger partial charge in [0.05, 0.1) is 13.2 Å². The Kier molecular flexibility index (Phi) is 6.23. The van der Waals surface area contributed by atoms with Gasteiger partial charge in [-0.05, 0) is 24.6 Å². The molecule has 0 atom stereocenters. The van der Waals surface area contributed by atoms with Crippen LogP contribution in [-0.2, 0) is 6.54 Å². The number of ether oxygens (including phenoxy) is 1. The Morgan fingerprint density at radius 2 is 2.05 bits per heavy atom. The van der Waals surface area contributed by atoms with Crippen molar-refractivity contribution in [1.29, 1.82) is 0 Å². The van der Waals surface area contributed by atoms with Crippen LogP contribution in [-0.4, -0.2) is 17.6 Å². The molecule has 22 heavy (non-hydrogen) atoms. The highest BCUT2D eigenvalue weighted by Gasteiger charge is 2.04. The van der Waals surface area contributed by atoms with Gasteiger partial charge in [-0.2, -0.15) is 0 Å². The molecule has 5 heteroatoms. The van der Waals surface area contributed by atoms with Gasteiger partial charge in [0.25, 0.3) is 0 Å². The number of rotatable bonds is 7. The van der Waals surface area contributed by atoms with Crippen molar-refractivity contribution >= 4 is 11.6 Å². The van der Waals surface area contributed by atoms with Crippen LogP contribution >= 0.6 is 0 Å². The minimum Gasteiger partial charge on any atom is -0.477 e. The number of nitrogens with two attached hydrogens (primary N) is 1. The average molecular weight is 298 g/mol. The summed E-state index contributed by atoms with van der Waals surface area (Å²) in [6.07, 6.45) is 3.82. The second kappa shape index (κ2) is 8.67. The number of para-hydroxylation sites is 1. The first-order valence-corrected chi connectivity index (χ1v) is 7.48. The first kappa shape index (κ1) is 15.8. The zero-order valence-electron chi connectivity index (χ0n) is 12.8. The first-order valence-electron chi connectivity index (χ1n) is 7.48. The Morgan fingerprint density at radius 3 is 2.82 bits per heavy atom. The first-order chi connectivity index (χ1) is 10.8. The van der Waals surface area contributed by atoms with Gasteiger partial charge in [-0.25, -0.2) is 9.98 Å². The van der Waals surface area contributed by atoms with Gasteiger partial charge in [0.1, 0.15) is 0 Å². The minimum absolute atomic E-state index is 0.370. The zero-order valence-corrected chi connectivity index (χ0v) is 12.8. The van der Waals surface area contributed by atoms with E-state index in [-0.39, 0.29) is 0 Å². The Bertz CT molecular complexity index is 599. The highest BCUT2D eigenvalue weighted by molar-refractivity contribution is 5.92. The number of nitrogens with one attached hydrogen (secondary N) is 1. The lowest BCUT2D eigenvalue weighted by Crippen LogP contribution is -2.22. The summed E-state index contributed by atoms with van der Waals surface area (Å²) in [6.45, 7) is 3.23. The topological polar surface area (TPSA) is 72.5 Å². The summed E-state index contributed by atoms with van der Waals surface area (Å²) in [4.78, 5) is 8.60. The van der Waals surface area contributed by atoms with E-state index in [1.807, 2.05) is 42.5 Å². The number of guanidine groups is 1. The van der Waals surface area contributed by atoms with Crippen LogP contribution in [0.25, 0.3) is 0 Å². The molecule has 0 radical (unpaired) electrons. The molecule has 1 heterocycles. The second-order valence-electron chi connectivity index (χ2n) is 4.86. The quantitative estimate of drug-likeness (QED) is 0.468. The molecule has 2 rings (SSSR count). The Balaban J connectivity index is 1.96. The fourth-order valence-corrected chi connectivity index (χ4v) is 1.87. The number of hydrogen-bond acceptors (Lipinski definition) is 3. The number of unbranched alkanes of at least 4 members (excludes halogenated alkanes) is 1. The lowest BCUT2D eigenvalue weighted by atomic mass is 10.2. The Hall–Kier alpha value is -2.56. The van der Waals surface area contributed by atoms with Gasteiger partial charge in [0.15, 0.2) is 5.96 Å². The van der Waals surface area contributed by atoms with Gasteiger partial charge in [-0.15, -0.1) is 0 Å². The predicted octanol–water partition coefficient (Wildman–Crippen LogP) is 3.19. The Labute approximate surface area is 131 Å². The minimum atomic E-state index is 0.370. The number of anilines is 1. The maximum atomic E-state index is 5.90. The monoisotopic (exact) mass is 298 g/mol. The molecule has 0 aliphatic rings. The number of aliphatic imine (C=N–C) groups is 1. The number of pyridine rings is 1. The zero-order chi connectivity index (χ0) is 15.6. The summed E-state index contributed by atoms with van der Waals surface area (Å²) < 4.78 is 5.69. The number of aromatic nitrogens is 1. The molecule has 2 aromatic rings. The molecule has 1 aromatic carbocycles. The number of nitrogens with zero attached hydrogens (tertiary/aromatic N) is 2. The van der Waals surface area contributed by atoms with Crippen LogP contribution in [0, 0.1) is 0 Å². The van der Waals surface area contributed by atoms with Gasteiger partial charge in [0.2, 0.25) is 5.88 Å². The molecule has 116 valence electrons. The summed E-state index contributed by atoms with van der Waals surface area (Å²) in [7, 11) is 0. The van der Waals surface area contributed by atoms with Crippen molar-refractivity contribution in [3.63, 3.8) is 0 Å². The third-order valence-corrected chi connectivity index (χ3v) is 3.05. The molecule has 1 aromatic heterocycles. The van der Waals surface area contributed by atoms with Gasteiger partial charge < -0.3 is 15.8 Å². The van der Waals surface area contributed by atoms with Gasteiger partial charge in [-0.3, -0.25) is 0 Å². The summed E-state index contributed by atoms with van der Waals surface area (Å²) in [5.41, 5.74) is 7.74. The lowest BCUT2D eigenvalue weighted by molar-refractivity contribution is 0.294. The van der Waals surface area contributed by atoms with Crippen LogP contribution in [0.4, 0.5) is 5.69 Å². The molecule has 0 saturated heterocycles. The van der Waals surface area contributed by atoms with Gasteiger partial charge in [0, 0.05) is 17.4 Å². The van der Waals surface area contributed by atoms with E-state index in [4.69, 9.17) is 10.5 Å². The van der Waals surface area contributed by atoms with E-state index in [0.717, 1.165) is 24.1 Å². The van der Waals surface area contributed by atoms with Crippen molar-refractivity contribution in [2.24, 2.45) is 10.7 Å². The van der Waals surface area contributed by atoms with Gasteiger partial charge >= 0.3 is 0 Å². The van der Waals surface area contributed by atoms with Crippen molar-refractivity contribution in [3.05, 3.63) is 54.2 Å². The maximum absolute atomic E-state index is 5.90. The van der Waals surface area contributed by atoms with Crippen LogP contribution in [0.5, 0.6) is 5.88 Å². The summed E-state index contributed by atoms with van der Waals surface area (Å²) in [6, 6.07) is 13.5. The van der Waals surface area contributed by atoms with E-state index in [9.17, 15) is 0 Å². The molecule has 0 fully saturated rings. The molecule has 0 amide bonds. The molecule has 0 bridgehead atoms. The second-order valence-corrected chi connectivity index (χ2v) is 4.86. The van der Waals surface area contributed by atoms with Crippen molar-refractivity contribution in [2.75, 3.05) is 11.9 Å². The Morgan fingerprint density at radius 1 is 1.23 bits per heavy atom. The average Bonchev–Trinajstić information content (AvgIpc) is 2.55. The predicted molar refractivity (Wildman–Crippen MR) is 90.0 cm³/mol. The van der Waals surface area contributed by atoms with Crippen LogP contribution < -0.4 is 15.8 Å². The smallest absolute Gasteiger partial charge is 0.218 e. The summed E-state index contributed by atoms with van der Waals surface area (Å²) in [5.74, 6) is 1.00. The molecule has 0 spiro atoms. The van der Waals surface area contributed by atoms with Crippen LogP contribution in [0.15, 0.2) is 53.7 Å². The SMILES string of the molecule is CCCCOc1ncccc1CN=C(N)Nc1ccccc1. The largest absolute Gasteiger partial charge is 0.477 e. The normalized spacial score (nSPS) is 11.2. The third kappa shape index (κ3) is 5.09. The van der Waals surface area contributed by atoms with E-state index >= 15 is 0 Å². The van der Waals surface area contributed by atoms with Crippen LogP contribution in [0.3, 0.4) is 0 Å². The third-order valence-electron chi connectivity index (χ3n) is 3.05. The van der Waals surface area contributed by atoms with Crippen LogP contribution in [0.2, 0.25) is 0 Å². The maximum Gasteiger partial charge on any atom is 0.218 e. The standard InChI is InChI=1S/C17H22N4O/c1-2-3-12-22-16-14(8-7-11-19-16)13-20-17(18)21-15-9-5-4-6-10-15/h4-11H,2-3,12-13H2,1H3,(H3,18,20,21). The fourth-order valence-electron chi connectivity index (χ4n) is 1.87. The van der Waals surface area contributed by atoms with E-state index in [0.29, 0.717) is 25.0 Å². The molecule has 0 aliphatic carbocycles. The highest BCUT2D eigenvalue weighted by atomic mass is 16.5. The summed E-state index contributed by atoms with van der Waals surface area (Å²) >= 11 is 0. The molecular weight excluding hydrogens is 276 g/mol. The van der Waals surface area contributed by atoms with E-state index < -0.39 is 0 Å².